The summed E-state index contributed by atoms with van der Waals surface area (Å²) in [6.45, 7) is 2.85. The van der Waals surface area contributed by atoms with Gasteiger partial charge in [0.15, 0.2) is 0 Å². The normalized spacial score (nSPS) is 20.5. The van der Waals surface area contributed by atoms with E-state index in [4.69, 9.17) is 4.74 Å². The van der Waals surface area contributed by atoms with E-state index in [-0.39, 0.29) is 24.4 Å². The van der Waals surface area contributed by atoms with Crippen molar-refractivity contribution in [2.45, 2.75) is 12.5 Å². The van der Waals surface area contributed by atoms with Crippen LogP contribution in [0.1, 0.15) is 6.42 Å². The molecule has 0 aromatic carbocycles. The van der Waals surface area contributed by atoms with Gasteiger partial charge in [0.1, 0.15) is 6.10 Å². The zero-order chi connectivity index (χ0) is 10.2. The lowest BCUT2D eigenvalue weighted by Gasteiger charge is -2.22. The number of morpholine rings is 1. The van der Waals surface area contributed by atoms with Crippen LogP contribution in [0.15, 0.2) is 0 Å². The second-order valence-electron chi connectivity index (χ2n) is 3.20. The number of thioether (sulfide) groups is 1. The van der Waals surface area contributed by atoms with Gasteiger partial charge in [-0.1, -0.05) is 0 Å². The first-order valence-electron chi connectivity index (χ1n) is 4.93. The van der Waals surface area contributed by atoms with E-state index in [1.807, 2.05) is 0 Å². The summed E-state index contributed by atoms with van der Waals surface area (Å²) < 4.78 is 5.32. The molecule has 15 heavy (non-hydrogen) atoms. The smallest absolute Gasteiger partial charge is 0.250 e. The third kappa shape index (κ3) is 6.25. The Bertz CT molecular complexity index is 177. The Morgan fingerprint density at radius 3 is 3.07 bits per heavy atom. The van der Waals surface area contributed by atoms with Gasteiger partial charge in [0, 0.05) is 19.6 Å². The molecule has 1 atom stereocenters. The van der Waals surface area contributed by atoms with Crippen molar-refractivity contribution >= 4 is 30.1 Å². The molecule has 2 N–H and O–H groups in total. The van der Waals surface area contributed by atoms with E-state index in [1.165, 1.54) is 0 Å². The van der Waals surface area contributed by atoms with Crippen molar-refractivity contribution in [2.24, 2.45) is 0 Å². The molecule has 0 spiro atoms. The zero-order valence-electron chi connectivity index (χ0n) is 8.95. The summed E-state index contributed by atoms with van der Waals surface area (Å²) >= 11 is 1.79. The standard InChI is InChI=1S/C9H18N2O2S.ClH/c1-14-6-2-3-11-9(12)8-7-10-4-5-13-8;/h8,10H,2-7H2,1H3,(H,11,12);1H. The summed E-state index contributed by atoms with van der Waals surface area (Å²) in [4.78, 5) is 11.5. The van der Waals surface area contributed by atoms with Crippen LogP contribution in [0, 0.1) is 0 Å². The molecule has 90 valence electrons. The molecule has 1 saturated heterocycles. The van der Waals surface area contributed by atoms with Gasteiger partial charge in [-0.3, -0.25) is 4.79 Å². The third-order valence-electron chi connectivity index (χ3n) is 2.04. The maximum Gasteiger partial charge on any atom is 0.250 e. The molecule has 1 fully saturated rings. The molecule has 6 heteroatoms. The molecule has 1 aliphatic heterocycles. The number of ether oxygens (including phenoxy) is 1. The molecule has 0 radical (unpaired) electrons. The van der Waals surface area contributed by atoms with Gasteiger partial charge in [0.2, 0.25) is 5.91 Å². The maximum absolute atomic E-state index is 11.5. The number of rotatable bonds is 5. The predicted molar refractivity (Wildman–Crippen MR) is 65.9 cm³/mol. The topological polar surface area (TPSA) is 50.4 Å². The molecule has 0 aromatic heterocycles. The van der Waals surface area contributed by atoms with Gasteiger partial charge in [0.05, 0.1) is 6.61 Å². The summed E-state index contributed by atoms with van der Waals surface area (Å²) in [6, 6.07) is 0. The molecule has 1 rings (SSSR count). The number of amides is 1. The fraction of sp³-hybridized carbons (Fsp3) is 0.889. The summed E-state index contributed by atoms with van der Waals surface area (Å²) in [7, 11) is 0. The van der Waals surface area contributed by atoms with Crippen molar-refractivity contribution in [2.75, 3.05) is 38.2 Å². The van der Waals surface area contributed by atoms with Gasteiger partial charge < -0.3 is 15.4 Å². The van der Waals surface area contributed by atoms with E-state index < -0.39 is 0 Å². The minimum Gasteiger partial charge on any atom is -0.366 e. The SMILES string of the molecule is CSCCCNC(=O)C1CNCCO1.Cl. The van der Waals surface area contributed by atoms with Crippen molar-refractivity contribution in [3.05, 3.63) is 0 Å². The van der Waals surface area contributed by atoms with Crippen LogP contribution < -0.4 is 10.6 Å². The monoisotopic (exact) mass is 254 g/mol. The van der Waals surface area contributed by atoms with Crippen LogP contribution in [-0.2, 0) is 9.53 Å². The molecule has 1 heterocycles. The minimum absolute atomic E-state index is 0. The summed E-state index contributed by atoms with van der Waals surface area (Å²) in [5.74, 6) is 1.10. The first-order valence-corrected chi connectivity index (χ1v) is 6.33. The Kier molecular flexibility index (Phi) is 9.29. The molecule has 1 unspecified atom stereocenters. The molecule has 0 aromatic rings. The minimum atomic E-state index is -0.293. The highest BCUT2D eigenvalue weighted by Crippen LogP contribution is 1.97. The molecule has 0 aliphatic carbocycles. The molecule has 1 aliphatic rings. The van der Waals surface area contributed by atoms with Gasteiger partial charge in [-0.25, -0.2) is 0 Å². The third-order valence-corrected chi connectivity index (χ3v) is 2.74. The van der Waals surface area contributed by atoms with E-state index >= 15 is 0 Å². The van der Waals surface area contributed by atoms with Crippen LogP contribution in [0.25, 0.3) is 0 Å². The first-order chi connectivity index (χ1) is 6.84. The summed E-state index contributed by atoms with van der Waals surface area (Å²) in [5.41, 5.74) is 0. The second-order valence-corrected chi connectivity index (χ2v) is 4.19. The van der Waals surface area contributed by atoms with E-state index in [0.717, 1.165) is 25.3 Å². The van der Waals surface area contributed by atoms with Crippen LogP contribution in [0.5, 0.6) is 0 Å². The van der Waals surface area contributed by atoms with Crippen molar-refractivity contribution < 1.29 is 9.53 Å². The lowest BCUT2D eigenvalue weighted by Crippen LogP contribution is -2.48. The van der Waals surface area contributed by atoms with E-state index in [2.05, 4.69) is 16.9 Å². The molecular weight excluding hydrogens is 236 g/mol. The number of nitrogens with one attached hydrogen (secondary N) is 2. The van der Waals surface area contributed by atoms with E-state index in [1.54, 1.807) is 11.8 Å². The van der Waals surface area contributed by atoms with Crippen LogP contribution >= 0.6 is 24.2 Å². The number of carbonyl (C=O) groups is 1. The van der Waals surface area contributed by atoms with E-state index in [0.29, 0.717) is 13.2 Å². The largest absolute Gasteiger partial charge is 0.366 e. The molecular formula is C9H19ClN2O2S. The van der Waals surface area contributed by atoms with Crippen molar-refractivity contribution in [1.82, 2.24) is 10.6 Å². The molecule has 0 saturated carbocycles. The quantitative estimate of drug-likeness (QED) is 0.692. The number of hydrogen-bond acceptors (Lipinski definition) is 4. The average molecular weight is 255 g/mol. The van der Waals surface area contributed by atoms with Gasteiger partial charge in [-0.05, 0) is 18.4 Å². The maximum atomic E-state index is 11.5. The van der Waals surface area contributed by atoms with Crippen LogP contribution in [0.4, 0.5) is 0 Å². The summed E-state index contributed by atoms with van der Waals surface area (Å²) in [5, 5.41) is 6.00. The first kappa shape index (κ1) is 15.0. The van der Waals surface area contributed by atoms with Crippen molar-refractivity contribution in [3.8, 4) is 0 Å². The van der Waals surface area contributed by atoms with Crippen LogP contribution in [0.2, 0.25) is 0 Å². The highest BCUT2D eigenvalue weighted by atomic mass is 35.5. The fourth-order valence-corrected chi connectivity index (χ4v) is 1.71. The Labute approximate surface area is 101 Å². The van der Waals surface area contributed by atoms with Crippen molar-refractivity contribution in [1.29, 1.82) is 0 Å². The lowest BCUT2D eigenvalue weighted by atomic mass is 10.3. The summed E-state index contributed by atoms with van der Waals surface area (Å²) in [6.07, 6.45) is 2.79. The van der Waals surface area contributed by atoms with Gasteiger partial charge in [-0.15, -0.1) is 12.4 Å². The zero-order valence-corrected chi connectivity index (χ0v) is 10.6. The average Bonchev–Trinajstić information content (AvgIpc) is 2.25. The number of halogens is 1. The Balaban J connectivity index is 0.00000196. The lowest BCUT2D eigenvalue weighted by molar-refractivity contribution is -0.134. The van der Waals surface area contributed by atoms with Crippen LogP contribution in [-0.4, -0.2) is 50.3 Å². The van der Waals surface area contributed by atoms with Crippen molar-refractivity contribution in [3.63, 3.8) is 0 Å². The Morgan fingerprint density at radius 2 is 2.47 bits per heavy atom. The van der Waals surface area contributed by atoms with E-state index in [9.17, 15) is 4.79 Å². The fourth-order valence-electron chi connectivity index (χ4n) is 1.28. The second kappa shape index (κ2) is 9.27. The Hall–Kier alpha value is 0.0300. The van der Waals surface area contributed by atoms with Gasteiger partial charge in [0.25, 0.3) is 0 Å². The van der Waals surface area contributed by atoms with Gasteiger partial charge in [-0.2, -0.15) is 11.8 Å². The number of hydrogen-bond donors (Lipinski definition) is 2. The molecule has 1 amide bonds. The van der Waals surface area contributed by atoms with Crippen LogP contribution in [0.3, 0.4) is 0 Å². The molecule has 0 bridgehead atoms. The number of carbonyl (C=O) groups excluding carboxylic acids is 1. The predicted octanol–water partition coefficient (Wildman–Crippen LogP) is 0.266. The highest BCUT2D eigenvalue weighted by Gasteiger charge is 2.20. The van der Waals surface area contributed by atoms with Gasteiger partial charge >= 0.3 is 0 Å². The Morgan fingerprint density at radius 1 is 1.67 bits per heavy atom. The highest BCUT2D eigenvalue weighted by molar-refractivity contribution is 7.98. The molecule has 4 nitrogen and oxygen atoms in total.